The monoisotopic (exact) mass is 461 g/mol. The van der Waals surface area contributed by atoms with E-state index in [9.17, 15) is 24.5 Å². The molecule has 3 aromatic carbocycles. The summed E-state index contributed by atoms with van der Waals surface area (Å²) in [5, 5.41) is 11.0. The maximum atomic E-state index is 13.1. The fraction of sp³-hybridized carbons (Fsp3) is 0.192. The maximum absolute atomic E-state index is 13.1. The van der Waals surface area contributed by atoms with E-state index in [0.29, 0.717) is 11.8 Å². The largest absolute Gasteiger partial charge is 0.460 e. The number of benzene rings is 3. The van der Waals surface area contributed by atoms with Crippen molar-refractivity contribution in [2.24, 2.45) is 5.92 Å². The Kier molecular flexibility index (Phi) is 8.62. The number of nitrogens with zero attached hydrogens (tertiary/aromatic N) is 1. The van der Waals surface area contributed by atoms with Crippen LogP contribution in [-0.2, 0) is 37.1 Å². The molecule has 0 saturated carbocycles. The summed E-state index contributed by atoms with van der Waals surface area (Å²) in [6.07, 6.45) is 0.414. The third-order valence-corrected chi connectivity index (χ3v) is 5.24. The number of hydrogen-bond acceptors (Lipinski definition) is 7. The lowest BCUT2D eigenvalue weighted by Gasteiger charge is -2.23. The van der Waals surface area contributed by atoms with Gasteiger partial charge in [0.1, 0.15) is 19.5 Å². The predicted octanol–water partition coefficient (Wildman–Crippen LogP) is 4.37. The Morgan fingerprint density at radius 2 is 1.26 bits per heavy atom. The molecule has 0 N–H and O–H groups in total. The van der Waals surface area contributed by atoms with Gasteiger partial charge in [-0.1, -0.05) is 72.8 Å². The van der Waals surface area contributed by atoms with Crippen molar-refractivity contribution in [3.63, 3.8) is 0 Å². The number of esters is 2. The van der Waals surface area contributed by atoms with Gasteiger partial charge in [0.25, 0.3) is 5.69 Å². The SMILES string of the molecule is O=CC[C@H](c1ccc([N+](=O)[O-])cc1)C(C(=O)OCc1ccccc1)C(=O)OCc1ccccc1. The van der Waals surface area contributed by atoms with Gasteiger partial charge in [-0.3, -0.25) is 19.7 Å². The van der Waals surface area contributed by atoms with Crippen LogP contribution < -0.4 is 0 Å². The van der Waals surface area contributed by atoms with Crippen molar-refractivity contribution in [1.29, 1.82) is 0 Å². The van der Waals surface area contributed by atoms with Crippen LogP contribution in [0, 0.1) is 16.0 Å². The first-order valence-corrected chi connectivity index (χ1v) is 10.6. The number of ether oxygens (including phenoxy) is 2. The van der Waals surface area contributed by atoms with Gasteiger partial charge in [0.15, 0.2) is 5.92 Å². The zero-order valence-electron chi connectivity index (χ0n) is 18.2. The van der Waals surface area contributed by atoms with Crippen molar-refractivity contribution in [3.05, 3.63) is 112 Å². The summed E-state index contributed by atoms with van der Waals surface area (Å²) in [6, 6.07) is 23.3. The Morgan fingerprint density at radius 3 is 1.68 bits per heavy atom. The molecule has 0 saturated heterocycles. The standard InChI is InChI=1S/C26H23NO7/c28-16-15-23(21-11-13-22(14-12-21)27(31)32)24(25(29)33-17-19-7-3-1-4-8-19)26(30)34-18-20-9-5-2-6-10-20/h1-14,16,23-24H,15,17-18H2/t23-/m1/s1. The van der Waals surface area contributed by atoms with Gasteiger partial charge in [-0.25, -0.2) is 0 Å². The molecule has 0 fully saturated rings. The third-order valence-electron chi connectivity index (χ3n) is 5.24. The van der Waals surface area contributed by atoms with Crippen molar-refractivity contribution >= 4 is 23.9 Å². The molecule has 0 radical (unpaired) electrons. The quantitative estimate of drug-likeness (QED) is 0.137. The van der Waals surface area contributed by atoms with Gasteiger partial charge >= 0.3 is 11.9 Å². The van der Waals surface area contributed by atoms with E-state index in [1.54, 1.807) is 48.5 Å². The van der Waals surface area contributed by atoms with Crippen molar-refractivity contribution in [2.45, 2.75) is 25.6 Å². The number of carbonyl (C=O) groups excluding carboxylic acids is 3. The molecule has 8 heteroatoms. The van der Waals surface area contributed by atoms with Crippen LogP contribution >= 0.6 is 0 Å². The molecule has 0 aliphatic carbocycles. The average molecular weight is 461 g/mol. The van der Waals surface area contributed by atoms with E-state index in [4.69, 9.17) is 9.47 Å². The van der Waals surface area contributed by atoms with E-state index in [1.807, 2.05) is 12.1 Å². The smallest absolute Gasteiger partial charge is 0.321 e. The van der Waals surface area contributed by atoms with Gasteiger partial charge in [-0.2, -0.15) is 0 Å². The minimum Gasteiger partial charge on any atom is -0.460 e. The lowest BCUT2D eigenvalue weighted by atomic mass is 9.83. The van der Waals surface area contributed by atoms with E-state index >= 15 is 0 Å². The number of nitro groups is 1. The fourth-order valence-corrected chi connectivity index (χ4v) is 3.47. The van der Waals surface area contributed by atoms with Crippen LogP contribution in [0.2, 0.25) is 0 Å². The van der Waals surface area contributed by atoms with Crippen LogP contribution in [0.15, 0.2) is 84.9 Å². The van der Waals surface area contributed by atoms with E-state index in [0.717, 1.165) is 11.1 Å². The Labute approximate surface area is 196 Å². The van der Waals surface area contributed by atoms with E-state index < -0.39 is 28.7 Å². The second-order valence-corrected chi connectivity index (χ2v) is 7.52. The molecule has 8 nitrogen and oxygen atoms in total. The van der Waals surface area contributed by atoms with Gasteiger partial charge in [0.05, 0.1) is 4.92 Å². The predicted molar refractivity (Wildman–Crippen MR) is 122 cm³/mol. The number of carbonyl (C=O) groups is 3. The molecule has 0 aliphatic rings. The van der Waals surface area contributed by atoms with Crippen molar-refractivity contribution in [2.75, 3.05) is 0 Å². The van der Waals surface area contributed by atoms with Crippen LogP contribution in [-0.4, -0.2) is 23.1 Å². The Bertz CT molecular complexity index is 1060. The number of nitro benzene ring substituents is 1. The first-order chi connectivity index (χ1) is 16.5. The molecule has 3 aromatic rings. The molecule has 0 aliphatic heterocycles. The second-order valence-electron chi connectivity index (χ2n) is 7.52. The van der Waals surface area contributed by atoms with Crippen LogP contribution in [0.3, 0.4) is 0 Å². The highest BCUT2D eigenvalue weighted by Gasteiger charge is 2.38. The molecule has 3 rings (SSSR count). The van der Waals surface area contributed by atoms with Crippen LogP contribution in [0.5, 0.6) is 0 Å². The number of rotatable bonds is 11. The van der Waals surface area contributed by atoms with Crippen molar-refractivity contribution in [3.8, 4) is 0 Å². The normalized spacial score (nSPS) is 11.4. The second kappa shape index (κ2) is 12.1. The van der Waals surface area contributed by atoms with Gasteiger partial charge in [-0.05, 0) is 16.7 Å². The summed E-state index contributed by atoms with van der Waals surface area (Å²) in [5.74, 6) is -4.02. The third kappa shape index (κ3) is 6.59. The van der Waals surface area contributed by atoms with Crippen LogP contribution in [0.25, 0.3) is 0 Å². The number of aldehydes is 1. The lowest BCUT2D eigenvalue weighted by molar-refractivity contribution is -0.384. The highest BCUT2D eigenvalue weighted by Crippen LogP contribution is 2.31. The Hall–Kier alpha value is -4.33. The first kappa shape index (κ1) is 24.3. The van der Waals surface area contributed by atoms with Crippen molar-refractivity contribution < 1.29 is 28.8 Å². The lowest BCUT2D eigenvalue weighted by Crippen LogP contribution is -2.33. The molecular formula is C26H23NO7. The fourth-order valence-electron chi connectivity index (χ4n) is 3.47. The van der Waals surface area contributed by atoms with Crippen LogP contribution in [0.1, 0.15) is 29.0 Å². The Morgan fingerprint density at radius 1 is 0.794 bits per heavy atom. The van der Waals surface area contributed by atoms with Gasteiger partial charge in [-0.15, -0.1) is 0 Å². The summed E-state index contributed by atoms with van der Waals surface area (Å²) < 4.78 is 10.8. The number of hydrogen-bond donors (Lipinski definition) is 0. The van der Waals surface area contributed by atoms with Gasteiger partial charge in [0.2, 0.25) is 0 Å². The molecule has 0 amide bonds. The molecule has 0 unspecified atom stereocenters. The van der Waals surface area contributed by atoms with Crippen LogP contribution in [0.4, 0.5) is 5.69 Å². The zero-order chi connectivity index (χ0) is 24.3. The molecule has 0 spiro atoms. The Balaban J connectivity index is 1.86. The van der Waals surface area contributed by atoms with E-state index in [-0.39, 0.29) is 25.3 Å². The average Bonchev–Trinajstić information content (AvgIpc) is 2.87. The highest BCUT2D eigenvalue weighted by atomic mass is 16.6. The van der Waals surface area contributed by atoms with Crippen molar-refractivity contribution in [1.82, 2.24) is 0 Å². The minimum absolute atomic E-state index is 0.0593. The molecule has 34 heavy (non-hydrogen) atoms. The first-order valence-electron chi connectivity index (χ1n) is 10.6. The summed E-state index contributed by atoms with van der Waals surface area (Å²) in [5.41, 5.74) is 1.73. The van der Waals surface area contributed by atoms with E-state index in [1.165, 1.54) is 24.3 Å². The van der Waals surface area contributed by atoms with E-state index in [2.05, 4.69) is 0 Å². The summed E-state index contributed by atoms with van der Waals surface area (Å²) >= 11 is 0. The maximum Gasteiger partial charge on any atom is 0.321 e. The zero-order valence-corrected chi connectivity index (χ0v) is 18.2. The highest BCUT2D eigenvalue weighted by molar-refractivity contribution is 5.96. The summed E-state index contributed by atoms with van der Waals surface area (Å²) in [7, 11) is 0. The van der Waals surface area contributed by atoms with Gasteiger partial charge in [0, 0.05) is 24.5 Å². The minimum atomic E-state index is -1.43. The molecule has 0 aromatic heterocycles. The summed E-state index contributed by atoms with van der Waals surface area (Å²) in [6.45, 7) is -0.119. The molecule has 0 heterocycles. The molecule has 0 bridgehead atoms. The molecule has 174 valence electrons. The topological polar surface area (TPSA) is 113 Å². The summed E-state index contributed by atoms with van der Waals surface area (Å²) in [4.78, 5) is 48.1. The molecular weight excluding hydrogens is 438 g/mol. The van der Waals surface area contributed by atoms with Gasteiger partial charge < -0.3 is 14.3 Å². The molecule has 1 atom stereocenters. The number of non-ortho nitro benzene ring substituents is 1.